The molecule has 5 rings (SSSR count). The summed E-state index contributed by atoms with van der Waals surface area (Å²) in [6.07, 6.45) is 2.52. The second-order valence-corrected chi connectivity index (χ2v) is 13.2. The summed E-state index contributed by atoms with van der Waals surface area (Å²) in [6, 6.07) is 20.2. The van der Waals surface area contributed by atoms with Crippen molar-refractivity contribution in [3.8, 4) is 16.9 Å². The van der Waals surface area contributed by atoms with Crippen molar-refractivity contribution in [1.82, 2.24) is 0 Å². The number of aromatic hydroxyl groups is 1. The van der Waals surface area contributed by atoms with Crippen molar-refractivity contribution in [2.45, 2.75) is 61.5 Å². The van der Waals surface area contributed by atoms with E-state index in [-0.39, 0.29) is 5.75 Å². The van der Waals surface area contributed by atoms with E-state index in [9.17, 15) is 13.5 Å². The van der Waals surface area contributed by atoms with E-state index in [0.717, 1.165) is 47.1 Å². The highest BCUT2D eigenvalue weighted by Gasteiger charge is 2.58. The highest BCUT2D eigenvalue weighted by Crippen LogP contribution is 2.61. The Morgan fingerprint density at radius 2 is 1.68 bits per heavy atom. The fourth-order valence-corrected chi connectivity index (χ4v) is 8.00. The molecule has 0 spiro atoms. The van der Waals surface area contributed by atoms with Crippen LogP contribution in [-0.2, 0) is 19.2 Å². The number of benzene rings is 3. The molecule has 2 saturated carbocycles. The van der Waals surface area contributed by atoms with Gasteiger partial charge in [-0.15, -0.1) is 0 Å². The number of phenolic OH excluding ortho intramolecular Hbond substituents is 1. The van der Waals surface area contributed by atoms with Crippen molar-refractivity contribution in [3.63, 3.8) is 0 Å². The Kier molecular flexibility index (Phi) is 6.88. The summed E-state index contributed by atoms with van der Waals surface area (Å²) in [7, 11) is -5.15. The van der Waals surface area contributed by atoms with Gasteiger partial charge in [-0.05, 0) is 109 Å². The Balaban J connectivity index is 1.27. The zero-order chi connectivity index (χ0) is 26.4. The second-order valence-electron chi connectivity index (χ2n) is 10.5. The van der Waals surface area contributed by atoms with Crippen LogP contribution in [0.2, 0.25) is 0 Å². The lowest BCUT2D eigenvalue weighted by molar-refractivity contribution is 0.0387. The van der Waals surface area contributed by atoms with Crippen LogP contribution in [0.4, 0.5) is 8.78 Å². The first kappa shape index (κ1) is 26.2. The smallest absolute Gasteiger partial charge is 0.371 e. The number of alkyl halides is 2. The Labute approximate surface area is 221 Å². The van der Waals surface area contributed by atoms with Gasteiger partial charge in [0, 0.05) is 23.4 Å². The lowest BCUT2D eigenvalue weighted by Gasteiger charge is -2.37. The Morgan fingerprint density at radius 3 is 2.30 bits per heavy atom. The summed E-state index contributed by atoms with van der Waals surface area (Å²) in [4.78, 5) is 0.399. The molecule has 8 heteroatoms. The van der Waals surface area contributed by atoms with Crippen molar-refractivity contribution in [2.75, 3.05) is 0 Å². The molecule has 3 unspecified atom stereocenters. The molecule has 0 aromatic heterocycles. The molecule has 37 heavy (non-hydrogen) atoms. The van der Waals surface area contributed by atoms with Crippen LogP contribution in [0.5, 0.6) is 5.75 Å². The van der Waals surface area contributed by atoms with Gasteiger partial charge in [0.1, 0.15) is 5.75 Å². The van der Waals surface area contributed by atoms with Gasteiger partial charge < -0.3 is 5.11 Å². The van der Waals surface area contributed by atoms with Crippen LogP contribution in [0, 0.1) is 25.7 Å². The number of fused-ring (bicyclic) bond motifs is 2. The normalized spacial score (nSPS) is 23.5. The summed E-state index contributed by atoms with van der Waals surface area (Å²) in [5, 5.41) is 6.00. The van der Waals surface area contributed by atoms with E-state index in [4.69, 9.17) is 3.63 Å². The van der Waals surface area contributed by atoms with Crippen LogP contribution < -0.4 is 0 Å². The maximum atomic E-state index is 15.2. The lowest BCUT2D eigenvalue weighted by atomic mass is 9.69. The van der Waals surface area contributed by atoms with Crippen molar-refractivity contribution in [2.24, 2.45) is 11.8 Å². The summed E-state index contributed by atoms with van der Waals surface area (Å²) in [5.74, 6) is 0.192. The number of halogens is 2. The van der Waals surface area contributed by atoms with E-state index in [0.29, 0.717) is 29.3 Å². The molecule has 2 bridgehead atoms. The maximum absolute atomic E-state index is 15.2. The molecule has 3 aromatic rings. The van der Waals surface area contributed by atoms with Gasteiger partial charge in [0.25, 0.3) is 0 Å². The third-order valence-electron chi connectivity index (χ3n) is 8.15. The fourth-order valence-electron chi connectivity index (χ4n) is 6.28. The largest absolute Gasteiger partial charge is 0.507 e. The van der Waals surface area contributed by atoms with E-state index in [1.54, 1.807) is 24.3 Å². The number of hydrogen-bond donors (Lipinski definition) is 1. The van der Waals surface area contributed by atoms with Crippen LogP contribution in [0.3, 0.4) is 0 Å². The molecule has 196 valence electrons. The molecule has 4 nitrogen and oxygen atoms in total. The third-order valence-corrected chi connectivity index (χ3v) is 10.5. The van der Waals surface area contributed by atoms with E-state index < -0.39 is 33.1 Å². The Hall–Kier alpha value is -2.42. The molecule has 2 fully saturated rings. The molecule has 0 amide bonds. The molecule has 3 aromatic carbocycles. The predicted octanol–water partition coefficient (Wildman–Crippen LogP) is 7.77. The molecule has 0 aliphatic heterocycles. The molecule has 3 atom stereocenters. The van der Waals surface area contributed by atoms with E-state index in [1.807, 2.05) is 56.3 Å². The number of hydrogen-bond acceptors (Lipinski definition) is 5. The minimum absolute atomic E-state index is 0.246. The molecule has 0 heterocycles. The summed E-state index contributed by atoms with van der Waals surface area (Å²) >= 11 is 0.428. The quantitative estimate of drug-likeness (QED) is 0.294. The number of phenols is 1. The predicted molar refractivity (Wildman–Crippen MR) is 142 cm³/mol. The SMILES string of the molecule is Cc1cc(-c2ccc(SOS(=O)(=O)C(F)(F)CC3CC4CCC3(c3ccccc3)C4)cc2)cc(C)c1O. The minimum Gasteiger partial charge on any atom is -0.507 e. The van der Waals surface area contributed by atoms with Crippen LogP contribution in [0.25, 0.3) is 11.1 Å². The fraction of sp³-hybridized carbons (Fsp3) is 0.379. The topological polar surface area (TPSA) is 63.6 Å². The Bertz CT molecular complexity index is 1370. The molecule has 2 aliphatic rings. The molecule has 2 aliphatic carbocycles. The van der Waals surface area contributed by atoms with Gasteiger partial charge in [0.15, 0.2) is 0 Å². The second kappa shape index (κ2) is 9.71. The van der Waals surface area contributed by atoms with Gasteiger partial charge in [0.2, 0.25) is 0 Å². The molecule has 0 saturated heterocycles. The first-order valence-electron chi connectivity index (χ1n) is 12.5. The summed E-state index contributed by atoms with van der Waals surface area (Å²) in [5.41, 5.74) is 3.87. The van der Waals surface area contributed by atoms with Crippen molar-refractivity contribution in [1.29, 1.82) is 0 Å². The standard InChI is InChI=1S/C29H30F2O4S2/c1-19-14-23(15-20(2)27(19)32)22-8-10-26(11-9-22)36-35-37(33,34)29(30,31)18-25-16-21-12-13-28(25,17-21)24-6-4-3-5-7-24/h3-11,14-15,21,25,32H,12-13,16-18H2,1-2H3. The van der Waals surface area contributed by atoms with Crippen molar-refractivity contribution >= 4 is 22.2 Å². The molecule has 0 radical (unpaired) electrons. The van der Waals surface area contributed by atoms with Crippen LogP contribution in [-0.4, -0.2) is 18.8 Å². The van der Waals surface area contributed by atoms with Gasteiger partial charge in [-0.2, -0.15) is 20.8 Å². The molecular weight excluding hydrogens is 514 g/mol. The number of aryl methyl sites for hydroxylation is 2. The first-order valence-corrected chi connectivity index (χ1v) is 14.6. The van der Waals surface area contributed by atoms with Gasteiger partial charge in [-0.1, -0.05) is 42.5 Å². The average Bonchev–Trinajstić information content (AvgIpc) is 3.46. The van der Waals surface area contributed by atoms with Crippen molar-refractivity contribution in [3.05, 3.63) is 83.4 Å². The average molecular weight is 545 g/mol. The van der Waals surface area contributed by atoms with E-state index >= 15 is 8.78 Å². The zero-order valence-corrected chi connectivity index (χ0v) is 22.4. The van der Waals surface area contributed by atoms with Crippen LogP contribution in [0.1, 0.15) is 48.8 Å². The first-order chi connectivity index (χ1) is 17.5. The molecule has 1 N–H and O–H groups in total. The summed E-state index contributed by atoms with van der Waals surface area (Å²) in [6.45, 7) is 3.63. The molecular formula is C29H30F2O4S2. The maximum Gasteiger partial charge on any atom is 0.371 e. The highest BCUT2D eigenvalue weighted by atomic mass is 32.3. The highest BCUT2D eigenvalue weighted by molar-refractivity contribution is 8.04. The third kappa shape index (κ3) is 4.91. The van der Waals surface area contributed by atoms with Gasteiger partial charge in [-0.25, -0.2) is 0 Å². The monoisotopic (exact) mass is 544 g/mol. The van der Waals surface area contributed by atoms with Gasteiger partial charge in [0.05, 0.1) is 0 Å². The lowest BCUT2D eigenvalue weighted by Crippen LogP contribution is -2.38. The Morgan fingerprint density at radius 1 is 1.03 bits per heavy atom. The minimum atomic E-state index is -5.15. The van der Waals surface area contributed by atoms with Gasteiger partial charge in [-0.3, -0.25) is 0 Å². The van der Waals surface area contributed by atoms with Crippen LogP contribution in [0.15, 0.2) is 71.6 Å². The van der Waals surface area contributed by atoms with Crippen LogP contribution >= 0.6 is 12.0 Å². The van der Waals surface area contributed by atoms with E-state index in [2.05, 4.69) is 0 Å². The van der Waals surface area contributed by atoms with E-state index in [1.165, 1.54) is 0 Å². The zero-order valence-electron chi connectivity index (χ0n) is 20.8. The summed E-state index contributed by atoms with van der Waals surface area (Å²) < 4.78 is 60.5. The van der Waals surface area contributed by atoms with Crippen molar-refractivity contribution < 1.29 is 25.9 Å². The van der Waals surface area contributed by atoms with Gasteiger partial charge >= 0.3 is 15.4 Å². The number of rotatable bonds is 8.